The average molecular weight is 491 g/mol. The van der Waals surface area contributed by atoms with Crippen LogP contribution in [0.15, 0.2) is 66.2 Å². The second-order valence-electron chi connectivity index (χ2n) is 7.62. The number of carbonyl (C=O) groups excluding carboxylic acids is 2. The first-order valence-corrected chi connectivity index (χ1v) is 11.8. The van der Waals surface area contributed by atoms with Crippen molar-refractivity contribution in [1.82, 2.24) is 14.8 Å². The van der Waals surface area contributed by atoms with Crippen LogP contribution >= 0.6 is 11.3 Å². The van der Waals surface area contributed by atoms with Crippen molar-refractivity contribution < 1.29 is 18.7 Å². The minimum absolute atomic E-state index is 0.286. The Labute approximate surface area is 205 Å². The monoisotopic (exact) mass is 490 g/mol. The van der Waals surface area contributed by atoms with Crippen LogP contribution < -0.4 is 5.32 Å². The van der Waals surface area contributed by atoms with Crippen molar-refractivity contribution >= 4 is 35.0 Å². The topological polar surface area (TPSA) is 86.1 Å². The molecule has 7 nitrogen and oxygen atoms in total. The van der Waals surface area contributed by atoms with E-state index in [1.165, 1.54) is 29.5 Å². The standard InChI is InChI=1S/C26H23FN4O3S/c1-3-34-26(33)22-16-35-24(30-22)14-17-4-11-21(12-5-17)29-23(32)13-8-19-15-28-31(2)25(19)18-6-9-20(27)10-7-18/h4-13,15-16H,3,14H2,1-2H3,(H,29,32). The first-order valence-electron chi connectivity index (χ1n) is 10.9. The number of amides is 1. The molecule has 1 amide bonds. The summed E-state index contributed by atoms with van der Waals surface area (Å²) >= 11 is 1.40. The van der Waals surface area contributed by atoms with Crippen molar-refractivity contribution in [2.75, 3.05) is 11.9 Å². The van der Waals surface area contributed by atoms with Crippen molar-refractivity contribution in [3.63, 3.8) is 0 Å². The second kappa shape index (κ2) is 10.9. The molecule has 1 N–H and O–H groups in total. The summed E-state index contributed by atoms with van der Waals surface area (Å²) in [4.78, 5) is 28.5. The minimum Gasteiger partial charge on any atom is -0.461 e. The summed E-state index contributed by atoms with van der Waals surface area (Å²) in [5.41, 5.74) is 4.31. The number of benzene rings is 2. The molecular weight excluding hydrogens is 467 g/mol. The van der Waals surface area contributed by atoms with E-state index >= 15 is 0 Å². The van der Waals surface area contributed by atoms with Gasteiger partial charge >= 0.3 is 5.97 Å². The van der Waals surface area contributed by atoms with Gasteiger partial charge in [0.05, 0.1) is 23.5 Å². The smallest absolute Gasteiger partial charge is 0.357 e. The van der Waals surface area contributed by atoms with Crippen LogP contribution in [-0.4, -0.2) is 33.2 Å². The fourth-order valence-electron chi connectivity index (χ4n) is 3.46. The number of ether oxygens (including phenoxy) is 1. The molecule has 0 fully saturated rings. The Morgan fingerprint density at radius 3 is 2.60 bits per heavy atom. The maximum atomic E-state index is 13.3. The van der Waals surface area contributed by atoms with E-state index in [1.54, 1.807) is 48.4 Å². The average Bonchev–Trinajstić information content (AvgIpc) is 3.46. The summed E-state index contributed by atoms with van der Waals surface area (Å²) in [5.74, 6) is -1.02. The van der Waals surface area contributed by atoms with E-state index in [1.807, 2.05) is 24.3 Å². The maximum Gasteiger partial charge on any atom is 0.357 e. The van der Waals surface area contributed by atoms with Crippen LogP contribution in [0.2, 0.25) is 0 Å². The zero-order valence-corrected chi connectivity index (χ0v) is 20.0. The molecule has 4 rings (SSSR count). The Balaban J connectivity index is 1.37. The number of carbonyl (C=O) groups is 2. The molecule has 0 aliphatic heterocycles. The van der Waals surface area contributed by atoms with Gasteiger partial charge in [0.2, 0.25) is 5.91 Å². The van der Waals surface area contributed by atoms with Gasteiger partial charge in [-0.2, -0.15) is 5.10 Å². The third-order valence-corrected chi connectivity index (χ3v) is 5.96. The number of aryl methyl sites for hydroxylation is 1. The zero-order valence-electron chi connectivity index (χ0n) is 19.2. The van der Waals surface area contributed by atoms with Crippen LogP contribution in [-0.2, 0) is 23.0 Å². The van der Waals surface area contributed by atoms with E-state index in [4.69, 9.17) is 4.74 Å². The number of hydrogen-bond acceptors (Lipinski definition) is 6. The van der Waals surface area contributed by atoms with Crippen LogP contribution in [0.5, 0.6) is 0 Å². The lowest BCUT2D eigenvalue weighted by Gasteiger charge is -2.05. The van der Waals surface area contributed by atoms with Gasteiger partial charge < -0.3 is 10.1 Å². The summed E-state index contributed by atoms with van der Waals surface area (Å²) in [5, 5.41) is 9.58. The Bertz CT molecular complexity index is 1360. The lowest BCUT2D eigenvalue weighted by Crippen LogP contribution is -2.07. The van der Waals surface area contributed by atoms with Crippen LogP contribution in [0.25, 0.3) is 17.3 Å². The van der Waals surface area contributed by atoms with Gasteiger partial charge in [0.1, 0.15) is 5.82 Å². The molecule has 178 valence electrons. The van der Waals surface area contributed by atoms with E-state index in [0.29, 0.717) is 24.4 Å². The van der Waals surface area contributed by atoms with Gasteiger partial charge in [-0.1, -0.05) is 12.1 Å². The van der Waals surface area contributed by atoms with Crippen LogP contribution in [0.4, 0.5) is 10.1 Å². The van der Waals surface area contributed by atoms with Crippen LogP contribution in [0, 0.1) is 5.82 Å². The van der Waals surface area contributed by atoms with Crippen molar-refractivity contribution in [2.24, 2.45) is 7.05 Å². The van der Waals surface area contributed by atoms with Gasteiger partial charge in [-0.05, 0) is 55.0 Å². The number of nitrogens with zero attached hydrogens (tertiary/aromatic N) is 3. The van der Waals surface area contributed by atoms with E-state index in [9.17, 15) is 14.0 Å². The van der Waals surface area contributed by atoms with Crippen molar-refractivity contribution in [1.29, 1.82) is 0 Å². The van der Waals surface area contributed by atoms with Gasteiger partial charge in [-0.25, -0.2) is 14.2 Å². The Kier molecular flexibility index (Phi) is 7.47. The van der Waals surface area contributed by atoms with Gasteiger partial charge in [0.15, 0.2) is 5.69 Å². The van der Waals surface area contributed by atoms with Crippen LogP contribution in [0.3, 0.4) is 0 Å². The molecule has 0 saturated carbocycles. The molecule has 0 bridgehead atoms. The highest BCUT2D eigenvalue weighted by Crippen LogP contribution is 2.24. The quantitative estimate of drug-likeness (QED) is 0.274. The molecule has 0 saturated heterocycles. The maximum absolute atomic E-state index is 13.3. The lowest BCUT2D eigenvalue weighted by molar-refractivity contribution is -0.111. The normalized spacial score (nSPS) is 11.1. The van der Waals surface area contributed by atoms with E-state index < -0.39 is 5.97 Å². The number of anilines is 1. The second-order valence-corrected chi connectivity index (χ2v) is 8.56. The molecule has 2 heterocycles. The largest absolute Gasteiger partial charge is 0.461 e. The molecule has 35 heavy (non-hydrogen) atoms. The molecule has 2 aromatic heterocycles. The summed E-state index contributed by atoms with van der Waals surface area (Å²) < 4.78 is 19.9. The van der Waals surface area contributed by atoms with Gasteiger partial charge in [-0.15, -0.1) is 11.3 Å². The Morgan fingerprint density at radius 1 is 1.14 bits per heavy atom. The Morgan fingerprint density at radius 2 is 1.89 bits per heavy atom. The van der Waals surface area contributed by atoms with Crippen LogP contribution in [0.1, 0.15) is 33.5 Å². The third kappa shape index (κ3) is 6.07. The highest BCUT2D eigenvalue weighted by Gasteiger charge is 2.12. The number of esters is 1. The fraction of sp³-hybridized carbons (Fsp3) is 0.154. The van der Waals surface area contributed by atoms with E-state index in [-0.39, 0.29) is 11.7 Å². The molecule has 9 heteroatoms. The predicted octanol–water partition coefficient (Wildman–Crippen LogP) is 5.10. The Hall–Kier alpha value is -4.11. The highest BCUT2D eigenvalue weighted by molar-refractivity contribution is 7.09. The van der Waals surface area contributed by atoms with E-state index in [0.717, 1.165) is 27.4 Å². The number of hydrogen-bond donors (Lipinski definition) is 1. The summed E-state index contributed by atoms with van der Waals surface area (Å²) in [7, 11) is 1.79. The first-order chi connectivity index (χ1) is 16.9. The van der Waals surface area contributed by atoms with Gasteiger partial charge in [-0.3, -0.25) is 9.48 Å². The van der Waals surface area contributed by atoms with Crippen molar-refractivity contribution in [2.45, 2.75) is 13.3 Å². The molecule has 0 radical (unpaired) electrons. The number of aromatic nitrogens is 3. The number of rotatable bonds is 8. The first kappa shape index (κ1) is 24.0. The molecule has 0 atom stereocenters. The summed E-state index contributed by atoms with van der Waals surface area (Å²) in [6.07, 6.45) is 5.35. The highest BCUT2D eigenvalue weighted by atomic mass is 32.1. The van der Waals surface area contributed by atoms with E-state index in [2.05, 4.69) is 15.4 Å². The molecule has 0 aliphatic rings. The van der Waals surface area contributed by atoms with Crippen molar-refractivity contribution in [3.05, 3.63) is 93.8 Å². The molecule has 0 aliphatic carbocycles. The summed E-state index contributed by atoms with van der Waals surface area (Å²) in [6, 6.07) is 13.6. The number of halogens is 1. The van der Waals surface area contributed by atoms with Gasteiger partial charge in [0, 0.05) is 41.7 Å². The molecule has 0 unspecified atom stereocenters. The van der Waals surface area contributed by atoms with Crippen molar-refractivity contribution in [3.8, 4) is 11.3 Å². The lowest BCUT2D eigenvalue weighted by atomic mass is 10.1. The number of nitrogens with one attached hydrogen (secondary N) is 1. The summed E-state index contributed by atoms with van der Waals surface area (Å²) in [6.45, 7) is 2.07. The zero-order chi connectivity index (χ0) is 24.8. The minimum atomic E-state index is -0.419. The van der Waals surface area contributed by atoms with Gasteiger partial charge in [0.25, 0.3) is 0 Å². The molecule has 0 spiro atoms. The SMILES string of the molecule is CCOC(=O)c1csc(Cc2ccc(NC(=O)C=Cc3cnn(C)c3-c3ccc(F)cc3)cc2)n1. The third-order valence-electron chi connectivity index (χ3n) is 5.11. The molecular formula is C26H23FN4O3S. The molecule has 2 aromatic carbocycles. The molecule has 4 aromatic rings. The number of thiazole rings is 1. The predicted molar refractivity (Wildman–Crippen MR) is 134 cm³/mol. The fourth-order valence-corrected chi connectivity index (χ4v) is 4.26.